The highest BCUT2D eigenvalue weighted by atomic mass is 19.1. The predicted molar refractivity (Wildman–Crippen MR) is 59.0 cm³/mol. The average molecular weight is 208 g/mol. The second kappa shape index (κ2) is 3.91. The Kier molecular flexibility index (Phi) is 2.76. The fourth-order valence-electron chi connectivity index (χ4n) is 2.22. The fraction of sp³-hybridized carbons (Fsp3) is 0.500. The molecule has 1 aliphatic carbocycles. The minimum absolute atomic E-state index is 0.0787. The van der Waals surface area contributed by atoms with E-state index in [0.717, 1.165) is 24.9 Å². The molecule has 0 heterocycles. The number of hydrogen-bond donors (Lipinski definition) is 1. The summed E-state index contributed by atoms with van der Waals surface area (Å²) in [4.78, 5) is 2.17. The molecule has 2 rings (SSSR count). The SMILES string of the molecule is CN(CCN)C1(c2ccccc2F)CC1. The molecule has 1 aliphatic rings. The van der Waals surface area contributed by atoms with Crippen LogP contribution < -0.4 is 5.73 Å². The van der Waals surface area contributed by atoms with Gasteiger partial charge < -0.3 is 5.73 Å². The monoisotopic (exact) mass is 208 g/mol. The summed E-state index contributed by atoms with van der Waals surface area (Å²) in [5.41, 5.74) is 6.28. The maximum atomic E-state index is 13.7. The molecule has 0 amide bonds. The van der Waals surface area contributed by atoms with Gasteiger partial charge in [0, 0.05) is 24.2 Å². The highest BCUT2D eigenvalue weighted by Crippen LogP contribution is 2.50. The van der Waals surface area contributed by atoms with Crippen molar-refractivity contribution in [1.29, 1.82) is 0 Å². The van der Waals surface area contributed by atoms with Gasteiger partial charge >= 0.3 is 0 Å². The van der Waals surface area contributed by atoms with Gasteiger partial charge in [0.1, 0.15) is 5.82 Å². The molecule has 3 heteroatoms. The zero-order valence-electron chi connectivity index (χ0n) is 9.04. The van der Waals surface area contributed by atoms with Gasteiger partial charge in [-0.2, -0.15) is 0 Å². The highest BCUT2D eigenvalue weighted by Gasteiger charge is 2.48. The summed E-state index contributed by atoms with van der Waals surface area (Å²) in [5, 5.41) is 0. The lowest BCUT2D eigenvalue weighted by Gasteiger charge is -2.28. The molecule has 2 N–H and O–H groups in total. The normalized spacial score (nSPS) is 18.1. The van der Waals surface area contributed by atoms with E-state index < -0.39 is 0 Å². The first-order chi connectivity index (χ1) is 7.20. The molecule has 0 spiro atoms. The highest BCUT2D eigenvalue weighted by molar-refractivity contribution is 5.31. The summed E-state index contributed by atoms with van der Waals surface area (Å²) >= 11 is 0. The van der Waals surface area contributed by atoms with Gasteiger partial charge in [0.25, 0.3) is 0 Å². The van der Waals surface area contributed by atoms with Crippen molar-refractivity contribution >= 4 is 0 Å². The molecule has 1 fully saturated rings. The molecule has 0 aliphatic heterocycles. The number of nitrogens with two attached hydrogens (primary N) is 1. The van der Waals surface area contributed by atoms with E-state index in [4.69, 9.17) is 5.73 Å². The van der Waals surface area contributed by atoms with Gasteiger partial charge in [-0.25, -0.2) is 4.39 Å². The topological polar surface area (TPSA) is 29.3 Å². The third kappa shape index (κ3) is 1.77. The molecule has 15 heavy (non-hydrogen) atoms. The molecular formula is C12H17FN2. The van der Waals surface area contributed by atoms with Crippen LogP contribution in [-0.4, -0.2) is 25.0 Å². The summed E-state index contributed by atoms with van der Waals surface area (Å²) in [6.45, 7) is 1.43. The van der Waals surface area contributed by atoms with Gasteiger partial charge in [0.2, 0.25) is 0 Å². The maximum absolute atomic E-state index is 13.7. The summed E-state index contributed by atoms with van der Waals surface area (Å²) in [6.07, 6.45) is 2.06. The van der Waals surface area contributed by atoms with Crippen LogP contribution in [0.25, 0.3) is 0 Å². The smallest absolute Gasteiger partial charge is 0.128 e. The van der Waals surface area contributed by atoms with Crippen LogP contribution >= 0.6 is 0 Å². The van der Waals surface area contributed by atoms with Crippen LogP contribution in [0.2, 0.25) is 0 Å². The van der Waals surface area contributed by atoms with E-state index in [1.165, 1.54) is 6.07 Å². The molecule has 1 aromatic rings. The number of hydrogen-bond acceptors (Lipinski definition) is 2. The van der Waals surface area contributed by atoms with E-state index in [9.17, 15) is 4.39 Å². The van der Waals surface area contributed by atoms with Gasteiger partial charge in [0.15, 0.2) is 0 Å². The summed E-state index contributed by atoms with van der Waals surface area (Å²) in [6, 6.07) is 7.05. The molecule has 0 unspecified atom stereocenters. The van der Waals surface area contributed by atoms with Gasteiger partial charge in [0.05, 0.1) is 0 Å². The Balaban J connectivity index is 2.26. The van der Waals surface area contributed by atoms with Gasteiger partial charge in [-0.05, 0) is 26.0 Å². The Labute approximate surface area is 89.9 Å². The lowest BCUT2D eigenvalue weighted by atomic mass is 10.0. The van der Waals surface area contributed by atoms with E-state index in [1.54, 1.807) is 6.07 Å². The minimum atomic E-state index is -0.0983. The lowest BCUT2D eigenvalue weighted by Crippen LogP contribution is -2.36. The number of likely N-dealkylation sites (N-methyl/N-ethyl adjacent to an activating group) is 1. The van der Waals surface area contributed by atoms with Gasteiger partial charge in [-0.1, -0.05) is 18.2 Å². The Morgan fingerprint density at radius 1 is 1.40 bits per heavy atom. The quantitative estimate of drug-likeness (QED) is 0.816. The molecule has 82 valence electrons. The molecule has 2 nitrogen and oxygen atoms in total. The standard InChI is InChI=1S/C12H17FN2/c1-15(9-8-14)12(6-7-12)10-4-2-3-5-11(10)13/h2-5H,6-9,14H2,1H3. The van der Waals surface area contributed by atoms with Crippen LogP contribution in [0.15, 0.2) is 24.3 Å². The van der Waals surface area contributed by atoms with Crippen molar-refractivity contribution in [3.8, 4) is 0 Å². The van der Waals surface area contributed by atoms with Crippen molar-refractivity contribution in [3.63, 3.8) is 0 Å². The number of rotatable bonds is 4. The fourth-order valence-corrected chi connectivity index (χ4v) is 2.22. The van der Waals surface area contributed by atoms with Crippen molar-refractivity contribution in [2.24, 2.45) is 5.73 Å². The van der Waals surface area contributed by atoms with Crippen LogP contribution in [0.4, 0.5) is 4.39 Å². The minimum Gasteiger partial charge on any atom is -0.329 e. The third-order valence-corrected chi connectivity index (χ3v) is 3.29. The first-order valence-electron chi connectivity index (χ1n) is 5.37. The second-order valence-electron chi connectivity index (χ2n) is 4.22. The Bertz CT molecular complexity index is 347. The zero-order valence-corrected chi connectivity index (χ0v) is 9.04. The van der Waals surface area contributed by atoms with E-state index in [-0.39, 0.29) is 11.4 Å². The average Bonchev–Trinajstić information content (AvgIpc) is 3.00. The largest absolute Gasteiger partial charge is 0.329 e. The van der Waals surface area contributed by atoms with Crippen molar-refractivity contribution in [2.45, 2.75) is 18.4 Å². The van der Waals surface area contributed by atoms with Crippen LogP contribution in [0.1, 0.15) is 18.4 Å². The van der Waals surface area contributed by atoms with Crippen LogP contribution in [0.3, 0.4) is 0 Å². The molecule has 0 saturated heterocycles. The Morgan fingerprint density at radius 3 is 2.60 bits per heavy atom. The maximum Gasteiger partial charge on any atom is 0.128 e. The van der Waals surface area contributed by atoms with Crippen molar-refractivity contribution in [3.05, 3.63) is 35.6 Å². The zero-order chi connectivity index (χ0) is 10.9. The molecule has 1 saturated carbocycles. The van der Waals surface area contributed by atoms with Crippen LogP contribution in [0, 0.1) is 5.82 Å². The van der Waals surface area contributed by atoms with Crippen molar-refractivity contribution < 1.29 is 4.39 Å². The molecule has 1 aromatic carbocycles. The first kappa shape index (κ1) is 10.6. The summed E-state index contributed by atoms with van der Waals surface area (Å²) < 4.78 is 13.7. The van der Waals surface area contributed by atoms with Crippen molar-refractivity contribution in [2.75, 3.05) is 20.1 Å². The van der Waals surface area contributed by atoms with Crippen LogP contribution in [-0.2, 0) is 5.54 Å². The summed E-state index contributed by atoms with van der Waals surface area (Å²) in [5.74, 6) is -0.0983. The number of nitrogens with zero attached hydrogens (tertiary/aromatic N) is 1. The van der Waals surface area contributed by atoms with E-state index in [0.29, 0.717) is 6.54 Å². The summed E-state index contributed by atoms with van der Waals surface area (Å²) in [7, 11) is 2.02. The molecular weight excluding hydrogens is 191 g/mol. The molecule has 0 atom stereocenters. The number of benzene rings is 1. The van der Waals surface area contributed by atoms with Crippen molar-refractivity contribution in [1.82, 2.24) is 4.90 Å². The Hall–Kier alpha value is -0.930. The van der Waals surface area contributed by atoms with Gasteiger partial charge in [-0.3, -0.25) is 4.90 Å². The van der Waals surface area contributed by atoms with Crippen LogP contribution in [0.5, 0.6) is 0 Å². The lowest BCUT2D eigenvalue weighted by molar-refractivity contribution is 0.223. The van der Waals surface area contributed by atoms with E-state index in [1.807, 2.05) is 19.2 Å². The second-order valence-corrected chi connectivity index (χ2v) is 4.22. The van der Waals surface area contributed by atoms with E-state index in [2.05, 4.69) is 4.90 Å². The molecule has 0 radical (unpaired) electrons. The predicted octanol–water partition coefficient (Wildman–Crippen LogP) is 1.71. The first-order valence-corrected chi connectivity index (χ1v) is 5.37. The van der Waals surface area contributed by atoms with Gasteiger partial charge in [-0.15, -0.1) is 0 Å². The van der Waals surface area contributed by atoms with E-state index >= 15 is 0 Å². The molecule has 0 bridgehead atoms. The molecule has 0 aromatic heterocycles. The number of halogens is 1. The Morgan fingerprint density at radius 2 is 2.07 bits per heavy atom. The third-order valence-electron chi connectivity index (χ3n) is 3.29.